The molecule has 0 aliphatic heterocycles. The second-order valence-corrected chi connectivity index (χ2v) is 6.19. The van der Waals surface area contributed by atoms with Gasteiger partial charge in [0.2, 0.25) is 0 Å². The molecule has 114 valence electrons. The molecule has 0 saturated heterocycles. The third kappa shape index (κ3) is 6.52. The number of amides is 1. The van der Waals surface area contributed by atoms with Gasteiger partial charge in [-0.1, -0.05) is 11.8 Å². The van der Waals surface area contributed by atoms with Crippen LogP contribution in [0.3, 0.4) is 0 Å². The van der Waals surface area contributed by atoms with Crippen molar-refractivity contribution in [3.8, 4) is 11.8 Å². The van der Waals surface area contributed by atoms with Gasteiger partial charge in [-0.15, -0.1) is 0 Å². The SMILES string of the molecule is CC(CCS(C)=O)NC(=O)c1ccncc1C#CCCO. The molecule has 0 spiro atoms. The van der Waals surface area contributed by atoms with Gasteiger partial charge in [0.15, 0.2) is 0 Å². The maximum Gasteiger partial charge on any atom is 0.252 e. The molecule has 6 heteroatoms. The van der Waals surface area contributed by atoms with Gasteiger partial charge in [-0.05, 0) is 19.4 Å². The van der Waals surface area contributed by atoms with Crippen LogP contribution < -0.4 is 5.32 Å². The number of rotatable bonds is 6. The number of nitrogens with one attached hydrogen (secondary N) is 1. The maximum absolute atomic E-state index is 12.2. The van der Waals surface area contributed by atoms with Crippen molar-refractivity contribution in [3.05, 3.63) is 29.6 Å². The molecular formula is C15H20N2O3S. The first-order valence-electron chi connectivity index (χ1n) is 6.69. The van der Waals surface area contributed by atoms with E-state index in [-0.39, 0.29) is 18.6 Å². The molecule has 0 fully saturated rings. The van der Waals surface area contributed by atoms with Crippen molar-refractivity contribution >= 4 is 16.7 Å². The lowest BCUT2D eigenvalue weighted by Gasteiger charge is -2.13. The zero-order chi connectivity index (χ0) is 15.7. The number of aromatic nitrogens is 1. The molecule has 1 aromatic heterocycles. The Balaban J connectivity index is 2.74. The minimum absolute atomic E-state index is 0.0139. The molecule has 1 rings (SSSR count). The molecule has 0 aliphatic carbocycles. The molecule has 2 atom stereocenters. The van der Waals surface area contributed by atoms with Gasteiger partial charge in [0.25, 0.3) is 5.91 Å². The van der Waals surface area contributed by atoms with Crippen molar-refractivity contribution in [1.29, 1.82) is 0 Å². The average molecular weight is 308 g/mol. The van der Waals surface area contributed by atoms with Crippen LogP contribution in [0.5, 0.6) is 0 Å². The smallest absolute Gasteiger partial charge is 0.252 e. The first kappa shape index (κ1) is 17.3. The molecule has 0 aliphatic rings. The quantitative estimate of drug-likeness (QED) is 0.758. The molecule has 0 aromatic carbocycles. The third-order valence-corrected chi connectivity index (χ3v) is 3.55. The monoisotopic (exact) mass is 308 g/mol. The summed E-state index contributed by atoms with van der Waals surface area (Å²) >= 11 is 0. The summed E-state index contributed by atoms with van der Waals surface area (Å²) in [5, 5.41) is 11.6. The molecular weight excluding hydrogens is 288 g/mol. The van der Waals surface area contributed by atoms with E-state index in [1.54, 1.807) is 12.3 Å². The summed E-state index contributed by atoms with van der Waals surface area (Å²) in [5.74, 6) is 5.95. The molecule has 1 amide bonds. The number of carbonyl (C=O) groups is 1. The predicted molar refractivity (Wildman–Crippen MR) is 83.3 cm³/mol. The summed E-state index contributed by atoms with van der Waals surface area (Å²) in [4.78, 5) is 16.2. The number of aliphatic hydroxyl groups excluding tert-OH is 1. The number of nitrogens with zero attached hydrogens (tertiary/aromatic N) is 1. The lowest BCUT2D eigenvalue weighted by atomic mass is 10.1. The van der Waals surface area contributed by atoms with Crippen LogP contribution in [0.1, 0.15) is 35.7 Å². The van der Waals surface area contributed by atoms with E-state index < -0.39 is 10.8 Å². The van der Waals surface area contributed by atoms with Crippen LogP contribution >= 0.6 is 0 Å². The lowest BCUT2D eigenvalue weighted by Crippen LogP contribution is -2.34. The van der Waals surface area contributed by atoms with Crippen molar-refractivity contribution in [2.45, 2.75) is 25.8 Å². The van der Waals surface area contributed by atoms with Crippen LogP contribution in [0, 0.1) is 11.8 Å². The van der Waals surface area contributed by atoms with E-state index in [0.29, 0.717) is 29.7 Å². The zero-order valence-electron chi connectivity index (χ0n) is 12.3. The summed E-state index contributed by atoms with van der Waals surface area (Å²) in [6, 6.07) is 1.55. The Kier molecular flexibility index (Phi) is 7.65. The summed E-state index contributed by atoms with van der Waals surface area (Å²) in [7, 11) is -0.863. The molecule has 2 unspecified atom stereocenters. The summed E-state index contributed by atoms with van der Waals surface area (Å²) in [6.45, 7) is 1.86. The van der Waals surface area contributed by atoms with E-state index in [4.69, 9.17) is 5.11 Å². The Morgan fingerprint density at radius 3 is 3.00 bits per heavy atom. The van der Waals surface area contributed by atoms with E-state index >= 15 is 0 Å². The van der Waals surface area contributed by atoms with Gasteiger partial charge in [-0.3, -0.25) is 14.0 Å². The predicted octanol–water partition coefficient (Wildman–Crippen LogP) is 0.702. The van der Waals surface area contributed by atoms with Crippen LogP contribution in [0.15, 0.2) is 18.5 Å². The van der Waals surface area contributed by atoms with E-state index in [0.717, 1.165) is 0 Å². The van der Waals surface area contributed by atoms with Crippen molar-refractivity contribution in [3.63, 3.8) is 0 Å². The Bertz CT molecular complexity index is 564. The van der Waals surface area contributed by atoms with E-state index in [9.17, 15) is 9.00 Å². The Hall–Kier alpha value is -1.71. The minimum atomic E-state index is -0.863. The summed E-state index contributed by atoms with van der Waals surface area (Å²) in [6.07, 6.45) is 5.73. The molecule has 2 N–H and O–H groups in total. The third-order valence-electron chi connectivity index (χ3n) is 2.74. The Morgan fingerprint density at radius 2 is 2.33 bits per heavy atom. The highest BCUT2D eigenvalue weighted by molar-refractivity contribution is 7.84. The highest BCUT2D eigenvalue weighted by atomic mass is 32.2. The van der Waals surface area contributed by atoms with Gasteiger partial charge in [0, 0.05) is 47.7 Å². The van der Waals surface area contributed by atoms with E-state index in [1.165, 1.54) is 12.4 Å². The second-order valence-electron chi connectivity index (χ2n) is 4.64. The van der Waals surface area contributed by atoms with Crippen molar-refractivity contribution in [2.75, 3.05) is 18.6 Å². The van der Waals surface area contributed by atoms with Crippen molar-refractivity contribution in [2.24, 2.45) is 0 Å². The highest BCUT2D eigenvalue weighted by Gasteiger charge is 2.13. The number of pyridine rings is 1. The van der Waals surface area contributed by atoms with E-state index in [1.807, 2.05) is 6.92 Å². The molecule has 0 saturated carbocycles. The second kappa shape index (κ2) is 9.27. The van der Waals surface area contributed by atoms with Gasteiger partial charge in [-0.25, -0.2) is 0 Å². The molecule has 21 heavy (non-hydrogen) atoms. The normalized spacial score (nSPS) is 12.9. The van der Waals surface area contributed by atoms with E-state index in [2.05, 4.69) is 22.1 Å². The van der Waals surface area contributed by atoms with Crippen molar-refractivity contribution < 1.29 is 14.1 Å². The fourth-order valence-electron chi connectivity index (χ4n) is 1.62. The largest absolute Gasteiger partial charge is 0.395 e. The van der Waals surface area contributed by atoms with Crippen LogP contribution in [-0.2, 0) is 10.8 Å². The van der Waals surface area contributed by atoms with Crippen LogP contribution in [0.4, 0.5) is 0 Å². The first-order valence-corrected chi connectivity index (χ1v) is 8.42. The fourth-order valence-corrected chi connectivity index (χ4v) is 2.31. The molecule has 5 nitrogen and oxygen atoms in total. The summed E-state index contributed by atoms with van der Waals surface area (Å²) in [5.41, 5.74) is 0.995. The van der Waals surface area contributed by atoms with Gasteiger partial charge in [0.1, 0.15) is 0 Å². The number of aliphatic hydroxyl groups is 1. The van der Waals surface area contributed by atoms with Gasteiger partial charge in [0.05, 0.1) is 17.7 Å². The van der Waals surface area contributed by atoms with Gasteiger partial charge >= 0.3 is 0 Å². The Labute approximate surface area is 127 Å². The van der Waals surface area contributed by atoms with Crippen LogP contribution in [-0.4, -0.2) is 44.9 Å². The zero-order valence-corrected chi connectivity index (χ0v) is 13.1. The van der Waals surface area contributed by atoms with Crippen LogP contribution in [0.2, 0.25) is 0 Å². The number of hydrogen-bond acceptors (Lipinski definition) is 4. The standard InChI is InChI=1S/C15H20N2O3S/c1-12(7-10-21(2)20)17-15(19)14-6-8-16-11-13(14)5-3-4-9-18/h6,8,11-12,18H,4,7,9-10H2,1-2H3,(H,17,19). The molecule has 1 heterocycles. The fraction of sp³-hybridized carbons (Fsp3) is 0.467. The average Bonchev–Trinajstić information content (AvgIpc) is 2.46. The van der Waals surface area contributed by atoms with Crippen molar-refractivity contribution in [1.82, 2.24) is 10.3 Å². The number of carbonyl (C=O) groups excluding carboxylic acids is 1. The lowest BCUT2D eigenvalue weighted by molar-refractivity contribution is 0.0939. The molecule has 0 radical (unpaired) electrons. The Morgan fingerprint density at radius 1 is 1.57 bits per heavy atom. The first-order chi connectivity index (χ1) is 10.0. The van der Waals surface area contributed by atoms with Crippen LogP contribution in [0.25, 0.3) is 0 Å². The highest BCUT2D eigenvalue weighted by Crippen LogP contribution is 2.06. The summed E-state index contributed by atoms with van der Waals surface area (Å²) < 4.78 is 11.1. The van der Waals surface area contributed by atoms with Gasteiger partial charge in [-0.2, -0.15) is 0 Å². The topological polar surface area (TPSA) is 79.3 Å². The molecule has 0 bridgehead atoms. The van der Waals surface area contributed by atoms with Gasteiger partial charge < -0.3 is 10.4 Å². The minimum Gasteiger partial charge on any atom is -0.395 e. The maximum atomic E-state index is 12.2. The number of hydrogen-bond donors (Lipinski definition) is 2. The molecule has 1 aromatic rings.